The standard InChI is InChI=1S/C18H35N5O/c1-6-9-10-15(7-2)13-21-18(19-8-3)20-12-11-16-22-17(14(4)5)23-24-16/h14-15H,6-13H2,1-5H3,(H2,19,20,21). The molecule has 0 aliphatic carbocycles. The van der Waals surface area contributed by atoms with E-state index in [0.717, 1.165) is 31.4 Å². The number of aliphatic imine (C=N–C) groups is 1. The van der Waals surface area contributed by atoms with E-state index in [1.807, 2.05) is 0 Å². The number of nitrogens with one attached hydrogen (secondary N) is 2. The van der Waals surface area contributed by atoms with Crippen LogP contribution in [0.3, 0.4) is 0 Å². The summed E-state index contributed by atoms with van der Waals surface area (Å²) in [5, 5.41) is 10.6. The third-order valence-electron chi connectivity index (χ3n) is 4.03. The van der Waals surface area contributed by atoms with E-state index in [9.17, 15) is 0 Å². The lowest BCUT2D eigenvalue weighted by atomic mass is 10.00. The van der Waals surface area contributed by atoms with Crippen molar-refractivity contribution >= 4 is 5.96 Å². The van der Waals surface area contributed by atoms with E-state index < -0.39 is 0 Å². The highest BCUT2D eigenvalue weighted by atomic mass is 16.5. The zero-order chi connectivity index (χ0) is 17.8. The van der Waals surface area contributed by atoms with Crippen LogP contribution in [-0.4, -0.2) is 35.7 Å². The van der Waals surface area contributed by atoms with Crippen LogP contribution in [0, 0.1) is 5.92 Å². The summed E-state index contributed by atoms with van der Waals surface area (Å²) in [7, 11) is 0. The Morgan fingerprint density at radius 3 is 2.58 bits per heavy atom. The molecule has 0 radical (unpaired) electrons. The van der Waals surface area contributed by atoms with Gasteiger partial charge >= 0.3 is 0 Å². The predicted octanol–water partition coefficient (Wildman–Crippen LogP) is 3.51. The number of guanidine groups is 1. The molecule has 0 aromatic carbocycles. The van der Waals surface area contributed by atoms with E-state index >= 15 is 0 Å². The van der Waals surface area contributed by atoms with E-state index in [1.165, 1.54) is 25.7 Å². The maximum absolute atomic E-state index is 5.27. The Hall–Kier alpha value is -1.59. The minimum atomic E-state index is 0.295. The summed E-state index contributed by atoms with van der Waals surface area (Å²) in [5.74, 6) is 3.29. The zero-order valence-electron chi connectivity index (χ0n) is 16.1. The van der Waals surface area contributed by atoms with Gasteiger partial charge in [-0.05, 0) is 19.3 Å². The van der Waals surface area contributed by atoms with Crippen LogP contribution in [0.2, 0.25) is 0 Å². The van der Waals surface area contributed by atoms with Gasteiger partial charge in [-0.1, -0.05) is 52.1 Å². The first kappa shape index (κ1) is 20.5. The molecule has 0 fully saturated rings. The second-order valence-electron chi connectivity index (χ2n) is 6.51. The number of nitrogens with zero attached hydrogens (tertiary/aromatic N) is 3. The van der Waals surface area contributed by atoms with Crippen molar-refractivity contribution in [1.82, 2.24) is 20.8 Å². The molecule has 0 saturated carbocycles. The van der Waals surface area contributed by atoms with E-state index in [4.69, 9.17) is 9.52 Å². The van der Waals surface area contributed by atoms with Crippen molar-refractivity contribution in [3.8, 4) is 0 Å². The lowest BCUT2D eigenvalue weighted by Gasteiger charge is -2.14. The minimum absolute atomic E-state index is 0.295. The molecule has 1 aromatic heterocycles. The molecule has 0 aliphatic rings. The molecule has 6 nitrogen and oxygen atoms in total. The molecule has 1 rings (SSSR count). The highest BCUT2D eigenvalue weighted by molar-refractivity contribution is 5.79. The van der Waals surface area contributed by atoms with E-state index in [1.54, 1.807) is 0 Å². The van der Waals surface area contributed by atoms with Crippen LogP contribution in [0.15, 0.2) is 9.52 Å². The van der Waals surface area contributed by atoms with Crippen LogP contribution >= 0.6 is 0 Å². The second kappa shape index (κ2) is 11.9. The normalized spacial score (nSPS) is 13.3. The van der Waals surface area contributed by atoms with Crippen molar-refractivity contribution in [2.45, 2.75) is 72.6 Å². The molecule has 24 heavy (non-hydrogen) atoms. The highest BCUT2D eigenvalue weighted by Crippen LogP contribution is 2.12. The van der Waals surface area contributed by atoms with E-state index in [0.29, 0.717) is 24.1 Å². The Kier molecular flexibility index (Phi) is 10.1. The number of aromatic nitrogens is 2. The van der Waals surface area contributed by atoms with Crippen molar-refractivity contribution in [1.29, 1.82) is 0 Å². The first-order valence-corrected chi connectivity index (χ1v) is 9.45. The van der Waals surface area contributed by atoms with Crippen molar-refractivity contribution in [2.75, 3.05) is 19.6 Å². The molecule has 0 spiro atoms. The Bertz CT molecular complexity index is 470. The summed E-state index contributed by atoms with van der Waals surface area (Å²) >= 11 is 0. The third-order valence-corrected chi connectivity index (χ3v) is 4.03. The summed E-state index contributed by atoms with van der Waals surface area (Å²) in [6.07, 6.45) is 5.68. The summed E-state index contributed by atoms with van der Waals surface area (Å²) in [6, 6.07) is 0. The first-order valence-electron chi connectivity index (χ1n) is 9.45. The van der Waals surface area contributed by atoms with Crippen molar-refractivity contribution in [3.05, 3.63) is 11.7 Å². The topological polar surface area (TPSA) is 75.3 Å². The Balaban J connectivity index is 2.44. The fourth-order valence-electron chi connectivity index (χ4n) is 2.37. The Morgan fingerprint density at radius 2 is 2.00 bits per heavy atom. The fraction of sp³-hybridized carbons (Fsp3) is 0.833. The molecule has 6 heteroatoms. The van der Waals surface area contributed by atoms with Crippen molar-refractivity contribution < 1.29 is 4.52 Å². The second-order valence-corrected chi connectivity index (χ2v) is 6.51. The van der Waals surface area contributed by atoms with Crippen LogP contribution in [0.4, 0.5) is 0 Å². The van der Waals surface area contributed by atoms with Gasteiger partial charge in [-0.2, -0.15) is 4.98 Å². The smallest absolute Gasteiger partial charge is 0.228 e. The maximum atomic E-state index is 5.27. The molecule has 138 valence electrons. The molecular formula is C18H35N5O. The Labute approximate surface area is 146 Å². The van der Waals surface area contributed by atoms with Gasteiger partial charge in [-0.3, -0.25) is 4.99 Å². The zero-order valence-corrected chi connectivity index (χ0v) is 16.1. The third kappa shape index (κ3) is 7.79. The molecule has 0 saturated heterocycles. The maximum Gasteiger partial charge on any atom is 0.228 e. The number of hydrogen-bond donors (Lipinski definition) is 2. The van der Waals surface area contributed by atoms with Gasteiger partial charge in [-0.15, -0.1) is 0 Å². The molecule has 1 unspecified atom stereocenters. The largest absolute Gasteiger partial charge is 0.357 e. The summed E-state index contributed by atoms with van der Waals surface area (Å²) in [6.45, 7) is 13.2. The first-order chi connectivity index (χ1) is 11.6. The molecule has 1 atom stereocenters. The quantitative estimate of drug-likeness (QED) is 0.477. The van der Waals surface area contributed by atoms with Crippen molar-refractivity contribution in [2.24, 2.45) is 10.9 Å². The number of unbranched alkanes of at least 4 members (excludes halogenated alkanes) is 1. The number of rotatable bonds is 11. The molecule has 0 bridgehead atoms. The molecule has 1 heterocycles. The number of hydrogen-bond acceptors (Lipinski definition) is 4. The fourth-order valence-corrected chi connectivity index (χ4v) is 2.37. The average molecular weight is 338 g/mol. The van der Waals surface area contributed by atoms with Crippen LogP contribution < -0.4 is 10.6 Å². The monoisotopic (exact) mass is 337 g/mol. The van der Waals surface area contributed by atoms with Crippen LogP contribution in [0.5, 0.6) is 0 Å². The van der Waals surface area contributed by atoms with Crippen LogP contribution in [-0.2, 0) is 6.42 Å². The van der Waals surface area contributed by atoms with Gasteiger partial charge in [0.05, 0.1) is 0 Å². The van der Waals surface area contributed by atoms with Gasteiger partial charge in [0, 0.05) is 32.0 Å². The molecule has 2 N–H and O–H groups in total. The summed E-state index contributed by atoms with van der Waals surface area (Å²) < 4.78 is 5.27. The molecule has 0 amide bonds. The average Bonchev–Trinajstić information content (AvgIpc) is 3.04. The van der Waals surface area contributed by atoms with Gasteiger partial charge in [0.25, 0.3) is 0 Å². The highest BCUT2D eigenvalue weighted by Gasteiger charge is 2.10. The molecule has 0 aliphatic heterocycles. The predicted molar refractivity (Wildman–Crippen MR) is 99.4 cm³/mol. The minimum Gasteiger partial charge on any atom is -0.357 e. The van der Waals surface area contributed by atoms with Gasteiger partial charge in [0.1, 0.15) is 0 Å². The summed E-state index contributed by atoms with van der Waals surface area (Å²) in [4.78, 5) is 9.13. The van der Waals surface area contributed by atoms with E-state index in [2.05, 4.69) is 55.4 Å². The lowest BCUT2D eigenvalue weighted by molar-refractivity contribution is 0.371. The Morgan fingerprint density at radius 1 is 1.21 bits per heavy atom. The van der Waals surface area contributed by atoms with Crippen LogP contribution in [0.25, 0.3) is 0 Å². The van der Waals surface area contributed by atoms with Gasteiger partial charge in [0.2, 0.25) is 5.89 Å². The van der Waals surface area contributed by atoms with Gasteiger partial charge in [-0.25, -0.2) is 0 Å². The lowest BCUT2D eigenvalue weighted by Crippen LogP contribution is -2.38. The van der Waals surface area contributed by atoms with Crippen molar-refractivity contribution in [3.63, 3.8) is 0 Å². The molecule has 1 aromatic rings. The van der Waals surface area contributed by atoms with Gasteiger partial charge < -0.3 is 15.2 Å². The summed E-state index contributed by atoms with van der Waals surface area (Å²) in [5.41, 5.74) is 0. The van der Waals surface area contributed by atoms with E-state index in [-0.39, 0.29) is 0 Å². The van der Waals surface area contributed by atoms with Gasteiger partial charge in [0.15, 0.2) is 11.8 Å². The van der Waals surface area contributed by atoms with Crippen LogP contribution in [0.1, 0.15) is 77.9 Å². The SMILES string of the molecule is CCCCC(CC)CN=C(NCC)NCCc1nc(C(C)C)no1. The molecular weight excluding hydrogens is 302 g/mol.